The fourth-order valence-corrected chi connectivity index (χ4v) is 4.01. The molecule has 1 heterocycles. The van der Waals surface area contributed by atoms with Crippen LogP contribution < -0.4 is 0 Å². The highest BCUT2D eigenvalue weighted by Crippen LogP contribution is 2.24. The third-order valence-electron chi connectivity index (χ3n) is 4.53. The molecule has 6 heteroatoms. The predicted octanol–water partition coefficient (Wildman–Crippen LogP) is 3.18. The molecule has 0 N–H and O–H groups in total. The van der Waals surface area contributed by atoms with Crippen molar-refractivity contribution in [3.8, 4) is 0 Å². The predicted molar refractivity (Wildman–Crippen MR) is 96.7 cm³/mol. The molecule has 1 aliphatic rings. The first-order valence-corrected chi connectivity index (χ1v) is 10.0. The minimum atomic E-state index is -3.45. The SMILES string of the molecule is CC[C@@H]1COC(C(CCN(C)S(=O)(=O)c2ccccc2)C(C)C)=N1. The average molecular weight is 353 g/mol. The zero-order valence-electron chi connectivity index (χ0n) is 15.0. The average Bonchev–Trinajstić information content (AvgIpc) is 3.04. The Morgan fingerprint density at radius 2 is 1.96 bits per heavy atom. The molecule has 24 heavy (non-hydrogen) atoms. The molecule has 0 spiro atoms. The number of aliphatic imine (C=N–C) groups is 1. The van der Waals surface area contributed by atoms with E-state index >= 15 is 0 Å². The molecule has 5 nitrogen and oxygen atoms in total. The molecule has 2 atom stereocenters. The number of rotatable bonds is 8. The summed E-state index contributed by atoms with van der Waals surface area (Å²) in [4.78, 5) is 4.98. The largest absolute Gasteiger partial charge is 0.478 e. The molecule has 0 saturated heterocycles. The van der Waals surface area contributed by atoms with E-state index in [1.807, 2.05) is 6.07 Å². The van der Waals surface area contributed by atoms with E-state index in [1.165, 1.54) is 4.31 Å². The first-order chi connectivity index (χ1) is 11.4. The van der Waals surface area contributed by atoms with E-state index in [4.69, 9.17) is 4.74 Å². The summed E-state index contributed by atoms with van der Waals surface area (Å²) in [6.07, 6.45) is 1.67. The molecular weight excluding hydrogens is 324 g/mol. The number of hydrogen-bond acceptors (Lipinski definition) is 4. The second-order valence-electron chi connectivity index (χ2n) is 6.62. The zero-order chi connectivity index (χ0) is 17.7. The Morgan fingerprint density at radius 1 is 1.29 bits per heavy atom. The summed E-state index contributed by atoms with van der Waals surface area (Å²) in [5.41, 5.74) is 0. The van der Waals surface area contributed by atoms with Gasteiger partial charge in [0.15, 0.2) is 5.90 Å². The first kappa shape index (κ1) is 18.9. The van der Waals surface area contributed by atoms with Gasteiger partial charge in [0.1, 0.15) is 6.61 Å². The molecule has 0 saturated carbocycles. The van der Waals surface area contributed by atoms with E-state index in [9.17, 15) is 8.42 Å². The Bertz CT molecular complexity index is 656. The van der Waals surface area contributed by atoms with Crippen molar-refractivity contribution in [1.82, 2.24) is 4.31 Å². The van der Waals surface area contributed by atoms with Crippen LogP contribution >= 0.6 is 0 Å². The van der Waals surface area contributed by atoms with E-state index in [0.717, 1.165) is 12.3 Å². The summed E-state index contributed by atoms with van der Waals surface area (Å²) in [6, 6.07) is 8.79. The molecular formula is C18H28N2O3S. The summed E-state index contributed by atoms with van der Waals surface area (Å²) in [5.74, 6) is 1.30. The maximum absolute atomic E-state index is 12.6. The highest BCUT2D eigenvalue weighted by molar-refractivity contribution is 7.89. The van der Waals surface area contributed by atoms with Gasteiger partial charge in [0, 0.05) is 19.5 Å². The van der Waals surface area contributed by atoms with E-state index < -0.39 is 10.0 Å². The minimum absolute atomic E-state index is 0.148. The smallest absolute Gasteiger partial charge is 0.242 e. The van der Waals surface area contributed by atoms with Crippen LogP contribution in [0.2, 0.25) is 0 Å². The molecule has 1 unspecified atom stereocenters. The Hall–Kier alpha value is -1.40. The highest BCUT2D eigenvalue weighted by Gasteiger charge is 2.29. The van der Waals surface area contributed by atoms with E-state index in [1.54, 1.807) is 31.3 Å². The third kappa shape index (κ3) is 4.36. The van der Waals surface area contributed by atoms with E-state index in [0.29, 0.717) is 30.4 Å². The van der Waals surface area contributed by atoms with Crippen LogP contribution in [0, 0.1) is 11.8 Å². The molecule has 0 aromatic heterocycles. The van der Waals surface area contributed by atoms with Crippen molar-refractivity contribution in [3.05, 3.63) is 30.3 Å². The summed E-state index contributed by atoms with van der Waals surface area (Å²) in [5, 5.41) is 0. The number of benzene rings is 1. The van der Waals surface area contributed by atoms with Crippen molar-refractivity contribution in [3.63, 3.8) is 0 Å². The van der Waals surface area contributed by atoms with Crippen molar-refractivity contribution >= 4 is 15.9 Å². The van der Waals surface area contributed by atoms with Crippen LogP contribution in [0.5, 0.6) is 0 Å². The van der Waals surface area contributed by atoms with Gasteiger partial charge in [-0.05, 0) is 30.9 Å². The summed E-state index contributed by atoms with van der Waals surface area (Å²) in [6.45, 7) is 7.44. The highest BCUT2D eigenvalue weighted by atomic mass is 32.2. The van der Waals surface area contributed by atoms with Gasteiger partial charge in [0.25, 0.3) is 0 Å². The Labute approximate surface area is 145 Å². The number of nitrogens with zero attached hydrogens (tertiary/aromatic N) is 2. The van der Waals surface area contributed by atoms with Crippen LogP contribution in [-0.4, -0.2) is 44.9 Å². The topological polar surface area (TPSA) is 59.0 Å². The summed E-state index contributed by atoms with van der Waals surface area (Å²) < 4.78 is 32.4. The molecule has 1 aromatic carbocycles. The molecule has 134 valence electrons. The van der Waals surface area contributed by atoms with Crippen LogP contribution in [-0.2, 0) is 14.8 Å². The quantitative estimate of drug-likeness (QED) is 0.722. The normalized spacial score (nSPS) is 19.4. The van der Waals surface area contributed by atoms with E-state index in [2.05, 4.69) is 25.8 Å². The van der Waals surface area contributed by atoms with Crippen LogP contribution in [0.3, 0.4) is 0 Å². The van der Waals surface area contributed by atoms with Gasteiger partial charge in [-0.25, -0.2) is 17.7 Å². The zero-order valence-corrected chi connectivity index (χ0v) is 15.8. The summed E-state index contributed by atoms with van der Waals surface area (Å²) in [7, 11) is -1.82. The lowest BCUT2D eigenvalue weighted by atomic mass is 9.92. The van der Waals surface area contributed by atoms with Crippen LogP contribution in [0.1, 0.15) is 33.6 Å². The molecule has 1 aromatic rings. The van der Waals surface area contributed by atoms with Gasteiger partial charge in [-0.1, -0.05) is 39.0 Å². The van der Waals surface area contributed by atoms with E-state index in [-0.39, 0.29) is 12.0 Å². The Balaban J connectivity index is 2.04. The lowest BCUT2D eigenvalue weighted by Crippen LogP contribution is -2.32. The molecule has 2 rings (SSSR count). The second kappa shape index (κ2) is 8.12. The molecule has 0 fully saturated rings. The third-order valence-corrected chi connectivity index (χ3v) is 6.40. The number of ether oxygens (including phenoxy) is 1. The van der Waals surface area contributed by atoms with Gasteiger partial charge in [0.2, 0.25) is 10.0 Å². The fraction of sp³-hybridized carbons (Fsp3) is 0.611. The van der Waals surface area contributed by atoms with Gasteiger partial charge in [-0.15, -0.1) is 0 Å². The molecule has 0 bridgehead atoms. The molecule has 0 aliphatic carbocycles. The maximum Gasteiger partial charge on any atom is 0.242 e. The molecule has 0 amide bonds. The van der Waals surface area contributed by atoms with Gasteiger partial charge in [-0.3, -0.25) is 0 Å². The van der Waals surface area contributed by atoms with Gasteiger partial charge in [0.05, 0.1) is 10.9 Å². The number of hydrogen-bond donors (Lipinski definition) is 0. The van der Waals surface area contributed by atoms with Crippen molar-refractivity contribution in [2.24, 2.45) is 16.8 Å². The van der Waals surface area contributed by atoms with Crippen molar-refractivity contribution in [2.45, 2.75) is 44.6 Å². The lowest BCUT2D eigenvalue weighted by Gasteiger charge is -2.23. The van der Waals surface area contributed by atoms with Crippen molar-refractivity contribution in [1.29, 1.82) is 0 Å². The van der Waals surface area contributed by atoms with Crippen molar-refractivity contribution in [2.75, 3.05) is 20.2 Å². The Kier molecular flexibility index (Phi) is 6.40. The second-order valence-corrected chi connectivity index (χ2v) is 8.66. The first-order valence-electron chi connectivity index (χ1n) is 8.58. The molecule has 0 radical (unpaired) electrons. The Morgan fingerprint density at radius 3 is 2.50 bits per heavy atom. The van der Waals surface area contributed by atoms with Crippen LogP contribution in [0.15, 0.2) is 40.2 Å². The number of sulfonamides is 1. The van der Waals surface area contributed by atoms with Crippen molar-refractivity contribution < 1.29 is 13.2 Å². The summed E-state index contributed by atoms with van der Waals surface area (Å²) >= 11 is 0. The fourth-order valence-electron chi connectivity index (χ4n) is 2.80. The van der Waals surface area contributed by atoms with Crippen LogP contribution in [0.25, 0.3) is 0 Å². The van der Waals surface area contributed by atoms with Gasteiger partial charge >= 0.3 is 0 Å². The minimum Gasteiger partial charge on any atom is -0.478 e. The van der Waals surface area contributed by atoms with Gasteiger partial charge < -0.3 is 4.74 Å². The van der Waals surface area contributed by atoms with Crippen LogP contribution in [0.4, 0.5) is 0 Å². The lowest BCUT2D eigenvalue weighted by molar-refractivity contribution is 0.272. The standard InChI is InChI=1S/C18H28N2O3S/c1-5-15-13-23-18(19-15)17(14(2)3)11-12-20(4)24(21,22)16-9-7-6-8-10-16/h6-10,14-15,17H,5,11-13H2,1-4H3/t15-,17?/m1/s1. The van der Waals surface area contributed by atoms with Gasteiger partial charge in [-0.2, -0.15) is 0 Å². The maximum atomic E-state index is 12.6. The molecule has 1 aliphatic heterocycles. The monoisotopic (exact) mass is 352 g/mol.